The van der Waals surface area contributed by atoms with Crippen LogP contribution >= 0.6 is 0 Å². The van der Waals surface area contributed by atoms with Gasteiger partial charge in [-0.2, -0.15) is 0 Å². The van der Waals surface area contributed by atoms with Crippen LogP contribution in [0, 0.1) is 0 Å². The summed E-state index contributed by atoms with van der Waals surface area (Å²) in [5, 5.41) is 9.87. The monoisotopic (exact) mass is 218 g/mol. The van der Waals surface area contributed by atoms with Crippen LogP contribution in [0.4, 0.5) is 0 Å². The summed E-state index contributed by atoms with van der Waals surface area (Å²) in [5.74, 6) is 0.885. The SMILES string of the molecule is COc1cccc(C2=CCC(C)(O)CC2)c1. The Morgan fingerprint density at radius 1 is 1.38 bits per heavy atom. The zero-order valence-electron chi connectivity index (χ0n) is 9.86. The van der Waals surface area contributed by atoms with Gasteiger partial charge in [0.25, 0.3) is 0 Å². The van der Waals surface area contributed by atoms with E-state index in [2.05, 4.69) is 12.1 Å². The number of methoxy groups -OCH3 is 1. The Bertz CT molecular complexity index is 405. The first-order valence-electron chi connectivity index (χ1n) is 5.66. The van der Waals surface area contributed by atoms with Crippen LogP contribution in [0.2, 0.25) is 0 Å². The van der Waals surface area contributed by atoms with E-state index >= 15 is 0 Å². The smallest absolute Gasteiger partial charge is 0.119 e. The zero-order chi connectivity index (χ0) is 11.6. The normalized spacial score (nSPS) is 25.1. The largest absolute Gasteiger partial charge is 0.497 e. The maximum atomic E-state index is 9.87. The van der Waals surface area contributed by atoms with Crippen molar-refractivity contribution in [1.29, 1.82) is 0 Å². The Balaban J connectivity index is 2.22. The first kappa shape index (κ1) is 11.2. The van der Waals surface area contributed by atoms with Crippen LogP contribution in [0.15, 0.2) is 30.3 Å². The van der Waals surface area contributed by atoms with Gasteiger partial charge in [-0.3, -0.25) is 0 Å². The summed E-state index contributed by atoms with van der Waals surface area (Å²) in [7, 11) is 1.68. The molecule has 0 saturated heterocycles. The number of hydrogen-bond acceptors (Lipinski definition) is 2. The summed E-state index contributed by atoms with van der Waals surface area (Å²) >= 11 is 0. The van der Waals surface area contributed by atoms with Crippen molar-refractivity contribution in [1.82, 2.24) is 0 Å². The summed E-state index contributed by atoms with van der Waals surface area (Å²) in [4.78, 5) is 0. The van der Waals surface area contributed by atoms with Gasteiger partial charge in [0.05, 0.1) is 12.7 Å². The lowest BCUT2D eigenvalue weighted by molar-refractivity contribution is 0.0523. The first-order chi connectivity index (χ1) is 7.61. The van der Waals surface area contributed by atoms with E-state index < -0.39 is 5.60 Å². The molecule has 1 aromatic rings. The van der Waals surface area contributed by atoms with Crippen molar-refractivity contribution in [2.75, 3.05) is 7.11 Å². The maximum absolute atomic E-state index is 9.87. The first-order valence-corrected chi connectivity index (χ1v) is 5.66. The van der Waals surface area contributed by atoms with Gasteiger partial charge >= 0.3 is 0 Å². The molecule has 1 unspecified atom stereocenters. The van der Waals surface area contributed by atoms with Crippen LogP contribution in [0.5, 0.6) is 5.75 Å². The minimum Gasteiger partial charge on any atom is -0.497 e. The molecular formula is C14H18O2. The van der Waals surface area contributed by atoms with Gasteiger partial charge in [-0.05, 0) is 49.5 Å². The molecule has 2 heteroatoms. The summed E-state index contributed by atoms with van der Waals surface area (Å²) in [6.07, 6.45) is 4.63. The third kappa shape index (κ3) is 2.45. The van der Waals surface area contributed by atoms with Gasteiger partial charge in [-0.25, -0.2) is 0 Å². The second-order valence-electron chi connectivity index (χ2n) is 4.66. The van der Waals surface area contributed by atoms with Gasteiger partial charge in [-0.1, -0.05) is 18.2 Å². The molecular weight excluding hydrogens is 200 g/mol. The van der Waals surface area contributed by atoms with E-state index in [9.17, 15) is 5.11 Å². The molecule has 0 amide bonds. The van der Waals surface area contributed by atoms with E-state index in [4.69, 9.17) is 4.74 Å². The predicted octanol–water partition coefficient (Wildman–Crippen LogP) is 3.01. The highest BCUT2D eigenvalue weighted by atomic mass is 16.5. The molecule has 1 N–H and O–H groups in total. The minimum absolute atomic E-state index is 0.525. The quantitative estimate of drug-likeness (QED) is 0.826. The second kappa shape index (κ2) is 4.30. The Hall–Kier alpha value is -1.28. The van der Waals surface area contributed by atoms with Crippen molar-refractivity contribution in [3.05, 3.63) is 35.9 Å². The molecule has 2 nitrogen and oxygen atoms in total. The van der Waals surface area contributed by atoms with Crippen molar-refractivity contribution < 1.29 is 9.84 Å². The number of hydrogen-bond donors (Lipinski definition) is 1. The lowest BCUT2D eigenvalue weighted by Crippen LogP contribution is -2.25. The highest BCUT2D eigenvalue weighted by Crippen LogP contribution is 2.33. The molecule has 0 heterocycles. The van der Waals surface area contributed by atoms with Gasteiger partial charge in [-0.15, -0.1) is 0 Å². The second-order valence-corrected chi connectivity index (χ2v) is 4.66. The molecule has 1 atom stereocenters. The van der Waals surface area contributed by atoms with Crippen molar-refractivity contribution >= 4 is 5.57 Å². The minimum atomic E-state index is -0.525. The fraction of sp³-hybridized carbons (Fsp3) is 0.429. The van der Waals surface area contributed by atoms with E-state index in [-0.39, 0.29) is 0 Å². The molecule has 1 aliphatic rings. The van der Waals surface area contributed by atoms with Gasteiger partial charge in [0.2, 0.25) is 0 Å². The van der Waals surface area contributed by atoms with Crippen LogP contribution < -0.4 is 4.74 Å². The molecule has 16 heavy (non-hydrogen) atoms. The van der Waals surface area contributed by atoms with E-state index in [1.807, 2.05) is 25.1 Å². The third-order valence-electron chi connectivity index (χ3n) is 3.16. The van der Waals surface area contributed by atoms with Gasteiger partial charge in [0.15, 0.2) is 0 Å². The van der Waals surface area contributed by atoms with Crippen molar-refractivity contribution in [3.8, 4) is 5.75 Å². The highest BCUT2D eigenvalue weighted by molar-refractivity contribution is 5.67. The average Bonchev–Trinajstić information content (AvgIpc) is 2.29. The topological polar surface area (TPSA) is 29.5 Å². The Labute approximate surface area is 96.6 Å². The molecule has 0 saturated carbocycles. The van der Waals surface area contributed by atoms with E-state index in [1.165, 1.54) is 11.1 Å². The van der Waals surface area contributed by atoms with Crippen LogP contribution in [0.25, 0.3) is 5.57 Å². The average molecular weight is 218 g/mol. The molecule has 86 valence electrons. The van der Waals surface area contributed by atoms with Crippen LogP contribution in [0.1, 0.15) is 31.7 Å². The van der Waals surface area contributed by atoms with Crippen molar-refractivity contribution in [2.24, 2.45) is 0 Å². The molecule has 0 spiro atoms. The van der Waals surface area contributed by atoms with Gasteiger partial charge in [0, 0.05) is 0 Å². The Morgan fingerprint density at radius 2 is 2.19 bits per heavy atom. The molecule has 0 aliphatic heterocycles. The lowest BCUT2D eigenvalue weighted by atomic mass is 9.84. The number of benzene rings is 1. The highest BCUT2D eigenvalue weighted by Gasteiger charge is 2.23. The van der Waals surface area contributed by atoms with Gasteiger partial charge < -0.3 is 9.84 Å². The Kier molecular flexibility index (Phi) is 3.01. The maximum Gasteiger partial charge on any atom is 0.119 e. The molecule has 0 aromatic heterocycles. The number of aliphatic hydroxyl groups is 1. The fourth-order valence-electron chi connectivity index (χ4n) is 2.04. The Morgan fingerprint density at radius 3 is 2.81 bits per heavy atom. The van der Waals surface area contributed by atoms with Crippen molar-refractivity contribution in [2.45, 2.75) is 31.8 Å². The van der Waals surface area contributed by atoms with E-state index in [0.29, 0.717) is 0 Å². The lowest BCUT2D eigenvalue weighted by Gasteiger charge is -2.27. The molecule has 0 fully saturated rings. The van der Waals surface area contributed by atoms with Gasteiger partial charge in [0.1, 0.15) is 5.75 Å². The van der Waals surface area contributed by atoms with E-state index in [1.54, 1.807) is 7.11 Å². The van der Waals surface area contributed by atoms with Crippen LogP contribution in [-0.4, -0.2) is 17.8 Å². The molecule has 0 bridgehead atoms. The summed E-state index contributed by atoms with van der Waals surface area (Å²) in [5.41, 5.74) is 1.99. The summed E-state index contributed by atoms with van der Waals surface area (Å²) in [6.45, 7) is 1.89. The number of ether oxygens (including phenoxy) is 1. The molecule has 1 aromatic carbocycles. The zero-order valence-corrected chi connectivity index (χ0v) is 9.86. The molecule has 0 radical (unpaired) electrons. The van der Waals surface area contributed by atoms with E-state index in [0.717, 1.165) is 25.0 Å². The fourth-order valence-corrected chi connectivity index (χ4v) is 2.04. The van der Waals surface area contributed by atoms with Crippen LogP contribution in [-0.2, 0) is 0 Å². The number of allylic oxidation sites excluding steroid dienone is 1. The number of rotatable bonds is 2. The third-order valence-corrected chi connectivity index (χ3v) is 3.16. The molecule has 1 aliphatic carbocycles. The summed E-state index contributed by atoms with van der Waals surface area (Å²) < 4.78 is 5.21. The summed E-state index contributed by atoms with van der Waals surface area (Å²) in [6, 6.07) is 8.09. The van der Waals surface area contributed by atoms with Crippen LogP contribution in [0.3, 0.4) is 0 Å². The predicted molar refractivity (Wildman–Crippen MR) is 65.4 cm³/mol. The van der Waals surface area contributed by atoms with Crippen molar-refractivity contribution in [3.63, 3.8) is 0 Å². The molecule has 2 rings (SSSR count). The standard InChI is InChI=1S/C14H18O2/c1-14(15)8-6-11(7-9-14)12-4-3-5-13(10-12)16-2/h3-6,10,15H,7-9H2,1-2H3.